The van der Waals surface area contributed by atoms with Crippen molar-refractivity contribution in [3.05, 3.63) is 99.3 Å². The van der Waals surface area contributed by atoms with E-state index in [0.717, 1.165) is 28.7 Å². The number of rotatable bonds is 15. The fourth-order valence-corrected chi connectivity index (χ4v) is 6.17. The molecule has 0 spiro atoms. The molecule has 2 heterocycles. The highest BCUT2D eigenvalue weighted by Crippen LogP contribution is 2.47. The van der Waals surface area contributed by atoms with Crippen LogP contribution in [0.4, 0.5) is 5.69 Å². The number of aromatic nitrogens is 2. The van der Waals surface area contributed by atoms with Crippen molar-refractivity contribution in [2.45, 2.75) is 82.3 Å². The van der Waals surface area contributed by atoms with Crippen molar-refractivity contribution in [3.8, 4) is 0 Å². The van der Waals surface area contributed by atoms with E-state index in [-0.39, 0.29) is 24.6 Å². The van der Waals surface area contributed by atoms with Crippen molar-refractivity contribution in [1.29, 1.82) is 0 Å². The second kappa shape index (κ2) is 14.8. The molecule has 1 aromatic heterocycles. The van der Waals surface area contributed by atoms with Gasteiger partial charge in [0.05, 0.1) is 6.61 Å². The van der Waals surface area contributed by atoms with Crippen LogP contribution in [0.3, 0.4) is 0 Å². The third-order valence-corrected chi connectivity index (χ3v) is 8.63. The van der Waals surface area contributed by atoms with E-state index in [1.54, 1.807) is 50.2 Å². The van der Waals surface area contributed by atoms with Crippen molar-refractivity contribution in [2.75, 3.05) is 4.90 Å². The quantitative estimate of drug-likeness (QED) is 0.0877. The number of aliphatic hydroxyl groups excluding tert-OH is 2. The van der Waals surface area contributed by atoms with Crippen LogP contribution in [0.1, 0.15) is 45.4 Å². The number of ether oxygens (including phenoxy) is 2. The van der Waals surface area contributed by atoms with Crippen LogP contribution >= 0.6 is 7.82 Å². The molecule has 0 saturated carbocycles. The molecule has 17 heteroatoms. The lowest BCUT2D eigenvalue weighted by molar-refractivity contribution is -0.185. The molecule has 48 heavy (non-hydrogen) atoms. The first-order valence-electron chi connectivity index (χ1n) is 15.0. The fraction of sp³-hybridized carbons (Fsp3) is 0.452. The Morgan fingerprint density at radius 3 is 2.25 bits per heavy atom. The predicted molar refractivity (Wildman–Crippen MR) is 169 cm³/mol. The van der Waals surface area contributed by atoms with E-state index >= 15 is 0 Å². The normalized spacial score (nSPS) is 23.8. The van der Waals surface area contributed by atoms with Crippen molar-refractivity contribution in [3.63, 3.8) is 0 Å². The molecular weight excluding hydrogens is 653 g/mol. The number of carbonyl (C=O) groups is 1. The highest BCUT2D eigenvalue weighted by atomic mass is 31.2. The molecule has 7 atom stereocenters. The van der Waals surface area contributed by atoms with Gasteiger partial charge in [0.1, 0.15) is 17.8 Å². The summed E-state index contributed by atoms with van der Waals surface area (Å²) in [6.07, 6.45) is -9.32. The maximum Gasteiger partial charge on any atom is 0.472 e. The van der Waals surface area contributed by atoms with Gasteiger partial charge in [0.15, 0.2) is 18.0 Å². The SMILES string of the molecule is CC(C)CC[C@@](C(=O)O)(C(OCc1ccccc1)OP(=O)(O)O)N(c1ccccc1)C(O)[C@H]1O[C@@H](n2ccc(=O)[nH]c2=O)[C@](C)(O)[C@@H]1O. The number of hydrogen-bond donors (Lipinski definition) is 7. The van der Waals surface area contributed by atoms with E-state index in [1.807, 2.05) is 4.98 Å². The van der Waals surface area contributed by atoms with Gasteiger partial charge in [-0.2, -0.15) is 0 Å². The average molecular weight is 694 g/mol. The smallest absolute Gasteiger partial charge is 0.472 e. The van der Waals surface area contributed by atoms with Crippen LogP contribution in [0.15, 0.2) is 82.5 Å². The summed E-state index contributed by atoms with van der Waals surface area (Å²) in [5.74, 6) is -1.89. The molecule has 3 aromatic rings. The Morgan fingerprint density at radius 1 is 1.10 bits per heavy atom. The first-order valence-corrected chi connectivity index (χ1v) is 16.5. The molecule has 1 fully saturated rings. The number of aliphatic carboxylic acids is 1. The van der Waals surface area contributed by atoms with Gasteiger partial charge in [-0.25, -0.2) is 14.2 Å². The van der Waals surface area contributed by atoms with Crippen LogP contribution < -0.4 is 16.1 Å². The van der Waals surface area contributed by atoms with Crippen LogP contribution in [0.2, 0.25) is 0 Å². The summed E-state index contributed by atoms with van der Waals surface area (Å²) >= 11 is 0. The minimum Gasteiger partial charge on any atom is -0.479 e. The number of nitrogens with one attached hydrogen (secondary N) is 1. The molecular formula is C31H40N3O13P. The molecule has 7 N–H and O–H groups in total. The molecule has 4 rings (SSSR count). The topological polar surface area (TPSA) is 241 Å². The molecule has 0 amide bonds. The lowest BCUT2D eigenvalue weighted by Gasteiger charge is -2.49. The summed E-state index contributed by atoms with van der Waals surface area (Å²) in [6, 6.07) is 16.8. The van der Waals surface area contributed by atoms with E-state index in [0.29, 0.717) is 5.56 Å². The number of para-hydroxylation sites is 1. The molecule has 1 saturated heterocycles. The van der Waals surface area contributed by atoms with Crippen molar-refractivity contribution < 1.29 is 53.6 Å². The zero-order valence-corrected chi connectivity index (χ0v) is 27.3. The number of aliphatic hydroxyl groups is 3. The fourth-order valence-electron chi connectivity index (χ4n) is 5.68. The van der Waals surface area contributed by atoms with Crippen LogP contribution in [-0.2, 0) is 30.0 Å². The Labute approximate surface area is 275 Å². The number of phosphoric acid groups is 1. The van der Waals surface area contributed by atoms with E-state index < -0.39 is 73.6 Å². The van der Waals surface area contributed by atoms with Crippen LogP contribution in [-0.4, -0.2) is 81.6 Å². The lowest BCUT2D eigenvalue weighted by Crippen LogP contribution is -2.69. The molecule has 0 aliphatic carbocycles. The van der Waals surface area contributed by atoms with E-state index in [9.17, 15) is 49.2 Å². The standard InChI is InChI=1S/C31H40N3O13P/c1-19(2)14-16-31(27(38)39,28(47-48(42,43)44)45-18-20-10-6-4-7-11-20)34(21-12-8-5-9-13-21)25(37)23-24(36)30(3,41)26(46-23)33-17-15-22(35)32-29(33)40/h4-13,15,17,19,23-26,28,36-37,41H,14,16,18H2,1-3H3,(H,38,39)(H,32,35,40)(H2,42,43,44)/t23-,24+,25?,26+,28?,30+,31+/m0/s1. The molecule has 1 aliphatic rings. The van der Waals surface area contributed by atoms with Gasteiger partial charge in [0.25, 0.3) is 5.56 Å². The van der Waals surface area contributed by atoms with Gasteiger partial charge in [-0.1, -0.05) is 62.4 Å². The van der Waals surface area contributed by atoms with Gasteiger partial charge in [-0.3, -0.25) is 18.9 Å². The number of benzene rings is 2. The van der Waals surface area contributed by atoms with E-state index in [1.165, 1.54) is 24.3 Å². The summed E-state index contributed by atoms with van der Waals surface area (Å²) in [4.78, 5) is 60.9. The highest BCUT2D eigenvalue weighted by molar-refractivity contribution is 7.46. The first kappa shape index (κ1) is 37.1. The number of carboxylic acids is 1. The predicted octanol–water partition coefficient (Wildman–Crippen LogP) is 1.28. The largest absolute Gasteiger partial charge is 0.479 e. The summed E-state index contributed by atoms with van der Waals surface area (Å²) in [5, 5.41) is 46.0. The van der Waals surface area contributed by atoms with Crippen LogP contribution in [0.25, 0.3) is 0 Å². The Balaban J connectivity index is 1.92. The molecule has 16 nitrogen and oxygen atoms in total. The molecule has 262 valence electrons. The minimum absolute atomic E-state index is 0.0149. The number of carboxylic acid groups (broad SMARTS) is 1. The third kappa shape index (κ3) is 7.94. The number of phosphoric ester groups is 1. The van der Waals surface area contributed by atoms with Gasteiger partial charge in [-0.05, 0) is 43.4 Å². The van der Waals surface area contributed by atoms with Crippen molar-refractivity contribution >= 4 is 19.5 Å². The molecule has 2 unspecified atom stereocenters. The van der Waals surface area contributed by atoms with E-state index in [4.69, 9.17) is 14.0 Å². The molecule has 1 aliphatic heterocycles. The maximum absolute atomic E-state index is 13.7. The van der Waals surface area contributed by atoms with Gasteiger partial charge < -0.3 is 44.6 Å². The van der Waals surface area contributed by atoms with Gasteiger partial charge in [-0.15, -0.1) is 0 Å². The van der Waals surface area contributed by atoms with Crippen molar-refractivity contribution in [1.82, 2.24) is 9.55 Å². The zero-order chi connectivity index (χ0) is 35.4. The average Bonchev–Trinajstić information content (AvgIpc) is 3.25. The van der Waals surface area contributed by atoms with E-state index in [2.05, 4.69) is 0 Å². The maximum atomic E-state index is 13.7. The zero-order valence-electron chi connectivity index (χ0n) is 26.4. The van der Waals surface area contributed by atoms with Crippen LogP contribution in [0, 0.1) is 5.92 Å². The van der Waals surface area contributed by atoms with Gasteiger partial charge >= 0.3 is 19.5 Å². The Hall–Kier alpha value is -3.70. The third-order valence-electron chi connectivity index (χ3n) is 8.16. The molecule has 0 bridgehead atoms. The summed E-state index contributed by atoms with van der Waals surface area (Å²) in [6.45, 7) is 4.32. The second-order valence-corrected chi connectivity index (χ2v) is 13.3. The highest BCUT2D eigenvalue weighted by Gasteiger charge is 2.62. The summed E-state index contributed by atoms with van der Waals surface area (Å²) in [5.41, 5.74) is -6.19. The summed E-state index contributed by atoms with van der Waals surface area (Å²) in [7, 11) is -5.49. The number of hydrogen-bond acceptors (Lipinski definition) is 11. The van der Waals surface area contributed by atoms with Crippen LogP contribution in [0.5, 0.6) is 0 Å². The monoisotopic (exact) mass is 693 g/mol. The Kier molecular flexibility index (Phi) is 11.5. The number of nitrogens with zero attached hydrogens (tertiary/aromatic N) is 2. The lowest BCUT2D eigenvalue weighted by atomic mass is 9.85. The molecule has 2 aromatic carbocycles. The second-order valence-electron chi connectivity index (χ2n) is 12.1. The summed E-state index contributed by atoms with van der Waals surface area (Å²) < 4.78 is 30.1. The number of aromatic amines is 1. The van der Waals surface area contributed by atoms with Gasteiger partial charge in [0.2, 0.25) is 6.29 Å². The van der Waals surface area contributed by atoms with Crippen molar-refractivity contribution in [2.24, 2.45) is 5.92 Å². The molecule has 0 radical (unpaired) electrons. The number of H-pyrrole nitrogens is 1. The number of anilines is 1. The first-order chi connectivity index (χ1) is 22.5. The Bertz CT molecular complexity index is 1690. The Morgan fingerprint density at radius 2 is 1.71 bits per heavy atom. The van der Waals surface area contributed by atoms with Gasteiger partial charge in [0, 0.05) is 18.0 Å². The minimum atomic E-state index is -5.49.